The minimum atomic E-state index is 0.360. The zero-order valence-electron chi connectivity index (χ0n) is 7.25. The third kappa shape index (κ3) is 1.00. The normalized spacial score (nSPS) is 24.2. The SMILES string of the molecule is c1cc2c(c(C3CCN3)c1)OCO2. The fraction of sp³-hybridized carbons (Fsp3) is 0.400. The summed E-state index contributed by atoms with van der Waals surface area (Å²) < 4.78 is 10.7. The second kappa shape index (κ2) is 2.64. The highest BCUT2D eigenvalue weighted by atomic mass is 16.7. The fourth-order valence-corrected chi connectivity index (χ4v) is 1.78. The molecule has 1 fully saturated rings. The number of hydrogen-bond acceptors (Lipinski definition) is 3. The number of fused-ring (bicyclic) bond motifs is 1. The molecule has 1 aromatic rings. The first-order chi connectivity index (χ1) is 6.45. The highest BCUT2D eigenvalue weighted by Crippen LogP contribution is 2.40. The van der Waals surface area contributed by atoms with Gasteiger partial charge in [-0.05, 0) is 19.0 Å². The first kappa shape index (κ1) is 7.21. The molecule has 0 saturated carbocycles. The summed E-state index contributed by atoms with van der Waals surface area (Å²) >= 11 is 0. The second-order valence-electron chi connectivity index (χ2n) is 3.38. The van der Waals surface area contributed by atoms with Crippen molar-refractivity contribution in [3.63, 3.8) is 0 Å². The van der Waals surface area contributed by atoms with Crippen molar-refractivity contribution in [2.75, 3.05) is 13.3 Å². The molecule has 1 unspecified atom stereocenters. The average Bonchev–Trinajstić information content (AvgIpc) is 2.49. The van der Waals surface area contributed by atoms with Gasteiger partial charge in [0.25, 0.3) is 0 Å². The summed E-state index contributed by atoms with van der Waals surface area (Å²) in [6.07, 6.45) is 1.19. The fourth-order valence-electron chi connectivity index (χ4n) is 1.78. The van der Waals surface area contributed by atoms with Crippen LogP contribution >= 0.6 is 0 Å². The smallest absolute Gasteiger partial charge is 0.231 e. The van der Waals surface area contributed by atoms with Gasteiger partial charge in [-0.1, -0.05) is 12.1 Å². The van der Waals surface area contributed by atoms with Crippen molar-refractivity contribution in [2.24, 2.45) is 0 Å². The van der Waals surface area contributed by atoms with Crippen molar-refractivity contribution in [3.8, 4) is 11.5 Å². The molecule has 2 aliphatic heterocycles. The van der Waals surface area contributed by atoms with E-state index in [2.05, 4.69) is 11.4 Å². The van der Waals surface area contributed by atoms with Gasteiger partial charge in [-0.15, -0.1) is 0 Å². The van der Waals surface area contributed by atoms with Crippen molar-refractivity contribution < 1.29 is 9.47 Å². The van der Waals surface area contributed by atoms with Gasteiger partial charge in [-0.3, -0.25) is 0 Å². The predicted molar refractivity (Wildman–Crippen MR) is 47.9 cm³/mol. The summed E-state index contributed by atoms with van der Waals surface area (Å²) in [5.74, 6) is 1.81. The lowest BCUT2D eigenvalue weighted by Gasteiger charge is -2.28. The Labute approximate surface area is 76.7 Å². The van der Waals surface area contributed by atoms with Gasteiger partial charge >= 0.3 is 0 Å². The molecule has 68 valence electrons. The van der Waals surface area contributed by atoms with Crippen LogP contribution in [0.2, 0.25) is 0 Å². The minimum Gasteiger partial charge on any atom is -0.454 e. The van der Waals surface area contributed by atoms with Gasteiger partial charge < -0.3 is 14.8 Å². The lowest BCUT2D eigenvalue weighted by atomic mass is 9.97. The topological polar surface area (TPSA) is 30.5 Å². The Morgan fingerprint density at radius 3 is 3.00 bits per heavy atom. The zero-order chi connectivity index (χ0) is 8.67. The lowest BCUT2D eigenvalue weighted by Crippen LogP contribution is -2.35. The van der Waals surface area contributed by atoms with Crippen LogP contribution in [0.15, 0.2) is 18.2 Å². The van der Waals surface area contributed by atoms with Gasteiger partial charge in [0.05, 0.1) is 0 Å². The molecule has 1 aromatic carbocycles. The molecule has 0 spiro atoms. The van der Waals surface area contributed by atoms with E-state index < -0.39 is 0 Å². The highest BCUT2D eigenvalue weighted by molar-refractivity contribution is 5.49. The van der Waals surface area contributed by atoms with Gasteiger partial charge in [0.15, 0.2) is 11.5 Å². The van der Waals surface area contributed by atoms with E-state index in [0.717, 1.165) is 18.0 Å². The molecule has 2 aliphatic rings. The molecule has 13 heavy (non-hydrogen) atoms. The summed E-state index contributed by atoms with van der Waals surface area (Å²) in [7, 11) is 0. The van der Waals surface area contributed by atoms with Gasteiger partial charge in [0.2, 0.25) is 6.79 Å². The van der Waals surface area contributed by atoms with Crippen LogP contribution in [0.5, 0.6) is 11.5 Å². The maximum Gasteiger partial charge on any atom is 0.231 e. The molecule has 0 bridgehead atoms. The molecule has 1 atom stereocenters. The molecule has 2 heterocycles. The molecule has 0 aromatic heterocycles. The number of ether oxygens (including phenoxy) is 2. The standard InChI is InChI=1S/C10H11NO2/c1-2-7(8-4-5-11-8)10-9(3-1)12-6-13-10/h1-3,8,11H,4-6H2. The van der Waals surface area contributed by atoms with Crippen LogP contribution in [0.1, 0.15) is 18.0 Å². The van der Waals surface area contributed by atoms with E-state index in [9.17, 15) is 0 Å². The molecule has 1 saturated heterocycles. The summed E-state index contributed by atoms with van der Waals surface area (Å²) in [4.78, 5) is 0. The first-order valence-electron chi connectivity index (χ1n) is 4.57. The van der Waals surface area contributed by atoms with Crippen LogP contribution in [0.4, 0.5) is 0 Å². The van der Waals surface area contributed by atoms with Crippen LogP contribution in [0.25, 0.3) is 0 Å². The Bertz CT molecular complexity index is 334. The Morgan fingerprint density at radius 1 is 1.31 bits per heavy atom. The van der Waals surface area contributed by atoms with Crippen LogP contribution in [-0.4, -0.2) is 13.3 Å². The number of hydrogen-bond donors (Lipinski definition) is 1. The van der Waals surface area contributed by atoms with Crippen LogP contribution in [0, 0.1) is 0 Å². The zero-order valence-corrected chi connectivity index (χ0v) is 7.25. The lowest BCUT2D eigenvalue weighted by molar-refractivity contribution is 0.172. The maximum absolute atomic E-state index is 5.42. The predicted octanol–water partition coefficient (Wildman–Crippen LogP) is 1.45. The molecule has 3 rings (SSSR count). The molecular formula is C10H11NO2. The van der Waals surface area contributed by atoms with E-state index in [1.807, 2.05) is 12.1 Å². The quantitative estimate of drug-likeness (QED) is 0.704. The van der Waals surface area contributed by atoms with Crippen LogP contribution < -0.4 is 14.8 Å². The number of benzene rings is 1. The Kier molecular flexibility index (Phi) is 1.46. The molecule has 1 N–H and O–H groups in total. The second-order valence-corrected chi connectivity index (χ2v) is 3.38. The molecule has 3 nitrogen and oxygen atoms in total. The van der Waals surface area contributed by atoms with Crippen LogP contribution in [-0.2, 0) is 0 Å². The van der Waals surface area contributed by atoms with Crippen molar-refractivity contribution in [2.45, 2.75) is 12.5 Å². The molecule has 3 heteroatoms. The highest BCUT2D eigenvalue weighted by Gasteiger charge is 2.26. The average molecular weight is 177 g/mol. The van der Waals surface area contributed by atoms with E-state index in [1.54, 1.807) is 0 Å². The molecule has 0 radical (unpaired) electrons. The summed E-state index contributed by atoms with van der Waals surface area (Å²) in [6.45, 7) is 1.47. The van der Waals surface area contributed by atoms with Crippen molar-refractivity contribution in [1.29, 1.82) is 0 Å². The van der Waals surface area contributed by atoms with E-state index in [0.29, 0.717) is 12.8 Å². The van der Waals surface area contributed by atoms with Gasteiger partial charge in [-0.2, -0.15) is 0 Å². The van der Waals surface area contributed by atoms with Gasteiger partial charge in [0.1, 0.15) is 0 Å². The Balaban J connectivity index is 2.04. The van der Waals surface area contributed by atoms with Crippen molar-refractivity contribution in [1.82, 2.24) is 5.32 Å². The van der Waals surface area contributed by atoms with E-state index in [-0.39, 0.29) is 0 Å². The van der Waals surface area contributed by atoms with Gasteiger partial charge in [-0.25, -0.2) is 0 Å². The Hall–Kier alpha value is -1.22. The summed E-state index contributed by atoms with van der Waals surface area (Å²) in [5, 5.41) is 3.36. The van der Waals surface area contributed by atoms with Crippen LogP contribution in [0.3, 0.4) is 0 Å². The van der Waals surface area contributed by atoms with Gasteiger partial charge in [0, 0.05) is 11.6 Å². The third-order valence-electron chi connectivity index (χ3n) is 2.63. The van der Waals surface area contributed by atoms with E-state index >= 15 is 0 Å². The number of rotatable bonds is 1. The summed E-state index contributed by atoms with van der Waals surface area (Å²) in [5.41, 5.74) is 1.24. The summed E-state index contributed by atoms with van der Waals surface area (Å²) in [6, 6.07) is 6.54. The van der Waals surface area contributed by atoms with E-state index in [1.165, 1.54) is 12.0 Å². The molecule has 0 amide bonds. The molecule has 0 aliphatic carbocycles. The largest absolute Gasteiger partial charge is 0.454 e. The minimum absolute atomic E-state index is 0.360. The van der Waals surface area contributed by atoms with E-state index in [4.69, 9.17) is 9.47 Å². The monoisotopic (exact) mass is 177 g/mol. The maximum atomic E-state index is 5.42. The van der Waals surface area contributed by atoms with Crippen molar-refractivity contribution in [3.05, 3.63) is 23.8 Å². The third-order valence-corrected chi connectivity index (χ3v) is 2.63. The van der Waals surface area contributed by atoms with Crippen molar-refractivity contribution >= 4 is 0 Å². The first-order valence-corrected chi connectivity index (χ1v) is 4.57. The number of para-hydroxylation sites is 1. The number of nitrogens with one attached hydrogen (secondary N) is 1. The Morgan fingerprint density at radius 2 is 2.23 bits per heavy atom. The molecular weight excluding hydrogens is 166 g/mol.